The maximum Gasteiger partial charge on any atom is 0.223 e. The van der Waals surface area contributed by atoms with Crippen LogP contribution in [-0.4, -0.2) is 49.6 Å². The van der Waals surface area contributed by atoms with E-state index in [1.54, 1.807) is 5.57 Å². The standard InChI is InChI=1S/C40H74N4OS2.3ClH/c1-29(2)11-8-12-30(3)35-16-17-36-34-15-14-32-27-33(18-20-39(32,4)37(34)19-21-40(35,36)5)47-46-28-31(13-9-22-41)38(45)44-26-7-6-24-43-25-10-23-42;;;/h14,29-31,33-37,43H,6-13,15-28,41-42H2,1-5H3,(H,44,45);3*1H/t30-,31?,33+,34+,35-,36+,37+,39+,40-;;;/m1.../s1. The molecule has 5 nitrogen and oxygen atoms in total. The van der Waals surface area contributed by atoms with Crippen molar-refractivity contribution in [3.8, 4) is 0 Å². The van der Waals surface area contributed by atoms with E-state index in [9.17, 15) is 4.79 Å². The fraction of sp³-hybridized carbons (Fsp3) is 0.925. The fourth-order valence-electron chi connectivity index (χ4n) is 10.7. The molecule has 0 aromatic heterocycles. The fourth-order valence-corrected chi connectivity index (χ4v) is 13.7. The van der Waals surface area contributed by atoms with Crippen LogP contribution in [0.5, 0.6) is 0 Å². The Morgan fingerprint density at radius 1 is 0.860 bits per heavy atom. The summed E-state index contributed by atoms with van der Waals surface area (Å²) in [5.74, 6) is 6.57. The van der Waals surface area contributed by atoms with Gasteiger partial charge in [0.25, 0.3) is 0 Å². The highest BCUT2D eigenvalue weighted by Gasteiger charge is 2.59. The minimum Gasteiger partial charge on any atom is -0.356 e. The van der Waals surface area contributed by atoms with Crippen LogP contribution in [0.25, 0.3) is 0 Å². The van der Waals surface area contributed by atoms with Crippen LogP contribution in [0.4, 0.5) is 0 Å². The molecule has 0 radical (unpaired) electrons. The highest BCUT2D eigenvalue weighted by Crippen LogP contribution is 2.67. The topological polar surface area (TPSA) is 93.2 Å². The summed E-state index contributed by atoms with van der Waals surface area (Å²) in [5.41, 5.74) is 14.2. The summed E-state index contributed by atoms with van der Waals surface area (Å²) < 4.78 is 0. The van der Waals surface area contributed by atoms with Crippen molar-refractivity contribution in [2.45, 2.75) is 143 Å². The van der Waals surface area contributed by atoms with E-state index in [1.165, 1.54) is 70.6 Å². The molecule has 4 aliphatic carbocycles. The Morgan fingerprint density at radius 2 is 1.58 bits per heavy atom. The van der Waals surface area contributed by atoms with E-state index in [0.717, 1.165) is 99.5 Å². The van der Waals surface area contributed by atoms with Crippen molar-refractivity contribution in [3.05, 3.63) is 11.6 Å². The Kier molecular flexibility index (Phi) is 23.6. The molecule has 0 bridgehead atoms. The first-order valence-electron chi connectivity index (χ1n) is 20.0. The second kappa shape index (κ2) is 24.2. The van der Waals surface area contributed by atoms with Gasteiger partial charge in [-0.2, -0.15) is 0 Å². The average Bonchev–Trinajstić information content (AvgIpc) is 3.41. The molecule has 3 saturated carbocycles. The molecule has 0 aromatic carbocycles. The molecule has 296 valence electrons. The van der Waals surface area contributed by atoms with Crippen LogP contribution in [-0.2, 0) is 4.79 Å². The van der Waals surface area contributed by atoms with Crippen LogP contribution in [0.15, 0.2) is 11.6 Å². The normalized spacial score (nSPS) is 31.1. The number of hydrogen-bond acceptors (Lipinski definition) is 6. The summed E-state index contributed by atoms with van der Waals surface area (Å²) in [6.45, 7) is 16.9. The first kappa shape index (κ1) is 48.7. The van der Waals surface area contributed by atoms with Crippen molar-refractivity contribution >= 4 is 64.7 Å². The lowest BCUT2D eigenvalue weighted by Gasteiger charge is -2.58. The molecule has 10 heteroatoms. The third-order valence-electron chi connectivity index (χ3n) is 13.5. The van der Waals surface area contributed by atoms with Crippen molar-refractivity contribution in [2.24, 2.45) is 63.7 Å². The van der Waals surface area contributed by atoms with Gasteiger partial charge in [-0.1, -0.05) is 87.1 Å². The Morgan fingerprint density at radius 3 is 2.30 bits per heavy atom. The molecular formula is C40H77Cl3N4OS2. The summed E-state index contributed by atoms with van der Waals surface area (Å²) in [7, 11) is 4.03. The predicted octanol–water partition coefficient (Wildman–Crippen LogP) is 10.2. The molecule has 0 aromatic rings. The van der Waals surface area contributed by atoms with Crippen LogP contribution < -0.4 is 22.1 Å². The second-order valence-electron chi connectivity index (χ2n) is 17.1. The molecule has 4 rings (SSSR count). The lowest BCUT2D eigenvalue weighted by Crippen LogP contribution is -2.50. The van der Waals surface area contributed by atoms with Gasteiger partial charge in [-0.15, -0.1) is 37.2 Å². The van der Waals surface area contributed by atoms with Gasteiger partial charge < -0.3 is 22.1 Å². The monoisotopic (exact) mass is 798 g/mol. The third-order valence-corrected chi connectivity index (χ3v) is 16.5. The number of halogens is 3. The lowest BCUT2D eigenvalue weighted by atomic mass is 9.47. The molecular weight excluding hydrogens is 723 g/mol. The minimum absolute atomic E-state index is 0. The smallest absolute Gasteiger partial charge is 0.223 e. The highest BCUT2D eigenvalue weighted by molar-refractivity contribution is 8.76. The molecule has 9 atom stereocenters. The van der Waals surface area contributed by atoms with Crippen molar-refractivity contribution in [3.63, 3.8) is 0 Å². The van der Waals surface area contributed by atoms with Crippen LogP contribution in [0.1, 0.15) is 137 Å². The van der Waals surface area contributed by atoms with Crippen LogP contribution in [0.2, 0.25) is 0 Å². The van der Waals surface area contributed by atoms with Crippen molar-refractivity contribution in [1.29, 1.82) is 0 Å². The van der Waals surface area contributed by atoms with Crippen LogP contribution >= 0.6 is 58.8 Å². The first-order chi connectivity index (χ1) is 22.6. The van der Waals surface area contributed by atoms with Gasteiger partial charge in [0.15, 0.2) is 0 Å². The Bertz CT molecular complexity index is 992. The lowest BCUT2D eigenvalue weighted by molar-refractivity contribution is -0.124. The number of nitrogens with two attached hydrogens (primary N) is 2. The molecule has 6 N–H and O–H groups in total. The maximum atomic E-state index is 13.1. The number of amides is 1. The maximum absolute atomic E-state index is 13.1. The molecule has 1 amide bonds. The average molecular weight is 801 g/mol. The van der Waals surface area contributed by atoms with Gasteiger partial charge in [0, 0.05) is 23.5 Å². The highest BCUT2D eigenvalue weighted by atomic mass is 35.5. The second-order valence-corrected chi connectivity index (χ2v) is 19.8. The zero-order valence-corrected chi connectivity index (χ0v) is 36.4. The van der Waals surface area contributed by atoms with Gasteiger partial charge in [0.05, 0.1) is 0 Å². The molecule has 3 fully saturated rings. The van der Waals surface area contributed by atoms with Gasteiger partial charge in [-0.25, -0.2) is 0 Å². The van der Waals surface area contributed by atoms with Crippen molar-refractivity contribution < 1.29 is 4.79 Å². The van der Waals surface area contributed by atoms with Crippen LogP contribution in [0, 0.1) is 52.3 Å². The van der Waals surface area contributed by atoms with E-state index in [4.69, 9.17) is 11.5 Å². The zero-order chi connectivity index (χ0) is 33.9. The SMILES string of the molecule is CC(C)CCC[C@@H](C)[C@H]1CC[C@H]2[C@@H]3CC=C4C[C@@H](SSCC(CCCN)C(=O)NCCCCNCCCN)CC[C@]4(C)[C@H]3CC[C@]12C.Cl.Cl.Cl. The summed E-state index contributed by atoms with van der Waals surface area (Å²) in [6, 6.07) is 0. The largest absolute Gasteiger partial charge is 0.356 e. The van der Waals surface area contributed by atoms with E-state index in [0.29, 0.717) is 22.6 Å². The number of hydrogen-bond donors (Lipinski definition) is 4. The quantitative estimate of drug-likeness (QED) is 0.0525. The summed E-state index contributed by atoms with van der Waals surface area (Å²) >= 11 is 0. The molecule has 4 aliphatic rings. The number of allylic oxidation sites excluding steroid dienone is 2. The summed E-state index contributed by atoms with van der Waals surface area (Å²) in [6.07, 6.45) is 23.1. The summed E-state index contributed by atoms with van der Waals surface area (Å²) in [4.78, 5) is 13.1. The predicted molar refractivity (Wildman–Crippen MR) is 229 cm³/mol. The van der Waals surface area contributed by atoms with E-state index >= 15 is 0 Å². The van der Waals surface area contributed by atoms with E-state index in [-0.39, 0.29) is 49.0 Å². The number of nitrogens with one attached hydrogen (secondary N) is 2. The summed E-state index contributed by atoms with van der Waals surface area (Å²) in [5, 5.41) is 7.33. The third kappa shape index (κ3) is 12.9. The molecule has 50 heavy (non-hydrogen) atoms. The zero-order valence-electron chi connectivity index (χ0n) is 32.4. The van der Waals surface area contributed by atoms with E-state index in [1.807, 2.05) is 10.8 Å². The van der Waals surface area contributed by atoms with Crippen molar-refractivity contribution in [2.75, 3.05) is 38.5 Å². The number of rotatable bonds is 21. The Labute approximate surface area is 334 Å². The van der Waals surface area contributed by atoms with Gasteiger partial charge >= 0.3 is 0 Å². The molecule has 0 aliphatic heterocycles. The van der Waals surface area contributed by atoms with Gasteiger partial charge in [-0.3, -0.25) is 4.79 Å². The van der Waals surface area contributed by atoms with Gasteiger partial charge in [0.1, 0.15) is 0 Å². The number of carbonyl (C=O) groups is 1. The molecule has 0 heterocycles. The molecule has 1 unspecified atom stereocenters. The van der Waals surface area contributed by atoms with E-state index in [2.05, 4.69) is 62.1 Å². The van der Waals surface area contributed by atoms with Crippen LogP contribution in [0.3, 0.4) is 0 Å². The minimum atomic E-state index is 0. The number of fused-ring (bicyclic) bond motifs is 5. The van der Waals surface area contributed by atoms with Crippen molar-refractivity contribution in [1.82, 2.24) is 10.6 Å². The molecule has 0 saturated heterocycles. The first-order valence-corrected chi connectivity index (χ1v) is 22.4. The van der Waals surface area contributed by atoms with E-state index < -0.39 is 0 Å². The molecule has 0 spiro atoms. The number of unbranched alkanes of at least 4 members (excludes halogenated alkanes) is 1. The Balaban J connectivity index is 0.00000417. The number of carbonyl (C=O) groups excluding carboxylic acids is 1. The Hall–Kier alpha value is 0.660. The van der Waals surface area contributed by atoms with Gasteiger partial charge in [-0.05, 0) is 156 Å². The van der Waals surface area contributed by atoms with Gasteiger partial charge in [0.2, 0.25) is 5.91 Å².